The molecule has 2 heterocycles. The molecule has 1 amide bonds. The number of rotatable bonds is 7. The van der Waals surface area contributed by atoms with Crippen molar-refractivity contribution in [2.24, 2.45) is 0 Å². The summed E-state index contributed by atoms with van der Waals surface area (Å²) in [5, 5.41) is 2.97. The Bertz CT molecular complexity index is 990. The zero-order valence-electron chi connectivity index (χ0n) is 18.1. The molecule has 4 rings (SSSR count). The second-order valence-electron chi connectivity index (χ2n) is 7.70. The third kappa shape index (κ3) is 5.24. The van der Waals surface area contributed by atoms with Gasteiger partial charge in [0, 0.05) is 49.9 Å². The minimum atomic E-state index is -0.00114. The van der Waals surface area contributed by atoms with E-state index in [-0.39, 0.29) is 5.91 Å². The van der Waals surface area contributed by atoms with Crippen molar-refractivity contribution in [3.05, 3.63) is 66.5 Å². The van der Waals surface area contributed by atoms with Gasteiger partial charge in [0.05, 0.1) is 13.2 Å². The molecule has 3 aromatic rings. The first kappa shape index (κ1) is 20.9. The van der Waals surface area contributed by atoms with Crippen LogP contribution >= 0.6 is 0 Å². The number of piperazine rings is 1. The van der Waals surface area contributed by atoms with Gasteiger partial charge >= 0.3 is 0 Å². The number of benzene rings is 2. The third-order valence-electron chi connectivity index (χ3n) is 5.40. The third-order valence-corrected chi connectivity index (χ3v) is 5.40. The summed E-state index contributed by atoms with van der Waals surface area (Å²) in [6, 6.07) is 15.9. The zero-order valence-corrected chi connectivity index (χ0v) is 18.1. The van der Waals surface area contributed by atoms with Gasteiger partial charge in [0.2, 0.25) is 11.9 Å². The number of amides is 1. The van der Waals surface area contributed by atoms with Crippen LogP contribution in [-0.4, -0.2) is 59.7 Å². The lowest BCUT2D eigenvalue weighted by Crippen LogP contribution is -2.49. The van der Waals surface area contributed by atoms with E-state index in [0.717, 1.165) is 49.3 Å². The average Bonchev–Trinajstić information content (AvgIpc) is 3.26. The number of nitrogens with zero attached hydrogens (tertiary/aromatic N) is 4. The smallest absolute Gasteiger partial charge is 0.238 e. The van der Waals surface area contributed by atoms with Crippen molar-refractivity contribution >= 4 is 17.5 Å². The molecule has 0 radical (unpaired) electrons. The van der Waals surface area contributed by atoms with Gasteiger partial charge in [0.15, 0.2) is 0 Å². The van der Waals surface area contributed by atoms with Gasteiger partial charge in [-0.2, -0.15) is 0 Å². The van der Waals surface area contributed by atoms with E-state index in [0.29, 0.717) is 13.2 Å². The van der Waals surface area contributed by atoms with Crippen molar-refractivity contribution in [3.8, 4) is 11.4 Å². The Morgan fingerprint density at radius 3 is 2.42 bits per heavy atom. The first-order valence-corrected chi connectivity index (χ1v) is 10.7. The van der Waals surface area contributed by atoms with Gasteiger partial charge < -0.3 is 15.0 Å². The summed E-state index contributed by atoms with van der Waals surface area (Å²) in [5.41, 5.74) is 3.13. The number of imidazole rings is 1. The fourth-order valence-electron chi connectivity index (χ4n) is 3.75. The lowest BCUT2D eigenvalue weighted by Gasteiger charge is -2.35. The molecule has 0 unspecified atom stereocenters. The van der Waals surface area contributed by atoms with Crippen molar-refractivity contribution in [2.45, 2.75) is 13.8 Å². The topological polar surface area (TPSA) is 62.6 Å². The van der Waals surface area contributed by atoms with Crippen LogP contribution < -0.4 is 15.0 Å². The number of anilines is 2. The molecule has 31 heavy (non-hydrogen) atoms. The molecule has 1 aliphatic heterocycles. The molecule has 162 valence electrons. The molecule has 0 aliphatic carbocycles. The van der Waals surface area contributed by atoms with Crippen LogP contribution in [0.4, 0.5) is 11.6 Å². The molecule has 0 bridgehead atoms. The van der Waals surface area contributed by atoms with Gasteiger partial charge in [-0.15, -0.1) is 0 Å². The molecule has 1 aromatic heterocycles. The lowest BCUT2D eigenvalue weighted by atomic mass is 10.2. The maximum atomic E-state index is 12.5. The molecular weight excluding hydrogens is 390 g/mol. The minimum absolute atomic E-state index is 0.00114. The zero-order chi connectivity index (χ0) is 21.6. The number of ether oxygens (including phenoxy) is 1. The SMILES string of the molecule is CCOc1ccc(NC(=O)CN2CCN(c3nccn3-c3ccc(C)cc3)CC2)cc1. The molecule has 1 fully saturated rings. The predicted octanol–water partition coefficient (Wildman–Crippen LogP) is 3.34. The highest BCUT2D eigenvalue weighted by atomic mass is 16.5. The molecule has 2 aromatic carbocycles. The Kier molecular flexibility index (Phi) is 6.52. The molecule has 7 heteroatoms. The Labute approximate surface area is 183 Å². The molecule has 0 saturated carbocycles. The van der Waals surface area contributed by atoms with Crippen LogP contribution in [-0.2, 0) is 4.79 Å². The van der Waals surface area contributed by atoms with Crippen LogP contribution in [0.1, 0.15) is 12.5 Å². The number of aromatic nitrogens is 2. The Morgan fingerprint density at radius 2 is 1.74 bits per heavy atom. The van der Waals surface area contributed by atoms with Gasteiger partial charge in [-0.25, -0.2) is 4.98 Å². The molecule has 1 N–H and O–H groups in total. The standard InChI is InChI=1S/C24H29N5O2/c1-3-31-22-10-6-20(7-11-22)26-23(30)18-27-14-16-28(17-15-27)24-25-12-13-29(24)21-8-4-19(2)5-9-21/h4-13H,3,14-18H2,1-2H3,(H,26,30). The van der Waals surface area contributed by atoms with E-state index in [1.54, 1.807) is 0 Å². The van der Waals surface area contributed by atoms with Crippen molar-refractivity contribution < 1.29 is 9.53 Å². The van der Waals surface area contributed by atoms with E-state index in [1.165, 1.54) is 5.56 Å². The van der Waals surface area contributed by atoms with Crippen molar-refractivity contribution in [3.63, 3.8) is 0 Å². The lowest BCUT2D eigenvalue weighted by molar-refractivity contribution is -0.117. The van der Waals surface area contributed by atoms with Crippen molar-refractivity contribution in [1.29, 1.82) is 0 Å². The first-order chi connectivity index (χ1) is 15.1. The quantitative estimate of drug-likeness (QED) is 0.636. The predicted molar refractivity (Wildman–Crippen MR) is 123 cm³/mol. The van der Waals surface area contributed by atoms with Crippen LogP contribution in [0, 0.1) is 6.92 Å². The number of aryl methyl sites for hydroxylation is 1. The number of hydrogen-bond donors (Lipinski definition) is 1. The number of carbonyl (C=O) groups excluding carboxylic acids is 1. The molecule has 0 spiro atoms. The Morgan fingerprint density at radius 1 is 1.03 bits per heavy atom. The average molecular weight is 420 g/mol. The van der Waals surface area contributed by atoms with E-state index in [9.17, 15) is 4.79 Å². The highest BCUT2D eigenvalue weighted by Crippen LogP contribution is 2.20. The van der Waals surface area contributed by atoms with Crippen LogP contribution in [0.15, 0.2) is 60.9 Å². The summed E-state index contributed by atoms with van der Waals surface area (Å²) in [4.78, 5) is 21.5. The van der Waals surface area contributed by atoms with Crippen LogP contribution in [0.2, 0.25) is 0 Å². The van der Waals surface area contributed by atoms with E-state index in [2.05, 4.69) is 55.9 Å². The van der Waals surface area contributed by atoms with E-state index >= 15 is 0 Å². The van der Waals surface area contributed by atoms with Crippen LogP contribution in [0.5, 0.6) is 5.75 Å². The fraction of sp³-hybridized carbons (Fsp3) is 0.333. The van der Waals surface area contributed by atoms with Gasteiger partial charge in [0.1, 0.15) is 5.75 Å². The highest BCUT2D eigenvalue weighted by molar-refractivity contribution is 5.92. The monoisotopic (exact) mass is 419 g/mol. The largest absolute Gasteiger partial charge is 0.494 e. The summed E-state index contributed by atoms with van der Waals surface area (Å²) < 4.78 is 7.56. The summed E-state index contributed by atoms with van der Waals surface area (Å²) in [7, 11) is 0. The maximum absolute atomic E-state index is 12.5. The highest BCUT2D eigenvalue weighted by Gasteiger charge is 2.22. The molecule has 1 saturated heterocycles. The first-order valence-electron chi connectivity index (χ1n) is 10.7. The molecule has 1 aliphatic rings. The van der Waals surface area contributed by atoms with Gasteiger partial charge in [-0.3, -0.25) is 14.3 Å². The van der Waals surface area contributed by atoms with Crippen LogP contribution in [0.25, 0.3) is 5.69 Å². The molecule has 7 nitrogen and oxygen atoms in total. The Balaban J connectivity index is 1.30. The number of hydrogen-bond acceptors (Lipinski definition) is 5. The maximum Gasteiger partial charge on any atom is 0.238 e. The number of carbonyl (C=O) groups is 1. The number of nitrogens with one attached hydrogen (secondary N) is 1. The van der Waals surface area contributed by atoms with Crippen molar-refractivity contribution in [1.82, 2.24) is 14.5 Å². The summed E-state index contributed by atoms with van der Waals surface area (Å²) in [6.07, 6.45) is 3.84. The normalized spacial score (nSPS) is 14.5. The van der Waals surface area contributed by atoms with E-state index < -0.39 is 0 Å². The van der Waals surface area contributed by atoms with Gasteiger partial charge in [-0.1, -0.05) is 17.7 Å². The van der Waals surface area contributed by atoms with Gasteiger partial charge in [0.25, 0.3) is 0 Å². The second-order valence-corrected chi connectivity index (χ2v) is 7.70. The van der Waals surface area contributed by atoms with Crippen LogP contribution in [0.3, 0.4) is 0 Å². The second kappa shape index (κ2) is 9.66. The van der Waals surface area contributed by atoms with E-state index in [4.69, 9.17) is 4.74 Å². The summed E-state index contributed by atoms with van der Waals surface area (Å²) in [5.74, 6) is 1.75. The van der Waals surface area contributed by atoms with Crippen molar-refractivity contribution in [2.75, 3.05) is 49.5 Å². The molecular formula is C24H29N5O2. The summed E-state index contributed by atoms with van der Waals surface area (Å²) >= 11 is 0. The molecule has 0 atom stereocenters. The van der Waals surface area contributed by atoms with E-state index in [1.807, 2.05) is 43.6 Å². The Hall–Kier alpha value is -3.32. The van der Waals surface area contributed by atoms with Gasteiger partial charge in [-0.05, 0) is 50.2 Å². The fourth-order valence-corrected chi connectivity index (χ4v) is 3.75. The summed E-state index contributed by atoms with van der Waals surface area (Å²) in [6.45, 7) is 8.35. The minimum Gasteiger partial charge on any atom is -0.494 e.